The second-order valence-electron chi connectivity index (χ2n) is 5.27. The normalized spacial score (nSPS) is 10.9. The molecular weight excluding hydrogens is 232 g/mol. The van der Waals surface area contributed by atoms with Crippen LogP contribution >= 0.6 is 0 Å². The van der Waals surface area contributed by atoms with Crippen LogP contribution in [0.2, 0.25) is 0 Å². The van der Waals surface area contributed by atoms with Crippen molar-refractivity contribution in [2.45, 2.75) is 19.8 Å². The molecule has 2 rings (SSSR count). The number of hydrogen-bond acceptors (Lipinski definition) is 2. The molecule has 2 nitrogen and oxygen atoms in total. The van der Waals surface area contributed by atoms with Crippen LogP contribution in [0.15, 0.2) is 36.4 Å². The molecule has 19 heavy (non-hydrogen) atoms. The number of anilines is 1. The van der Waals surface area contributed by atoms with E-state index in [1.807, 2.05) is 7.05 Å². The Kier molecular flexibility index (Phi) is 4.80. The van der Waals surface area contributed by atoms with Gasteiger partial charge in [0.2, 0.25) is 0 Å². The maximum atomic E-state index is 3.19. The third-order valence-electron chi connectivity index (χ3n) is 3.59. The third-order valence-corrected chi connectivity index (χ3v) is 3.59. The van der Waals surface area contributed by atoms with Gasteiger partial charge in [-0.2, -0.15) is 0 Å². The first kappa shape index (κ1) is 13.9. The average Bonchev–Trinajstić information content (AvgIpc) is 2.42. The predicted octanol–water partition coefficient (Wildman–Crippen LogP) is 3.58. The molecule has 0 aliphatic rings. The van der Waals surface area contributed by atoms with Gasteiger partial charge in [-0.25, -0.2) is 0 Å². The maximum Gasteiger partial charge on any atom is 0.0370 e. The van der Waals surface area contributed by atoms with Crippen LogP contribution in [0.25, 0.3) is 10.8 Å². The largest absolute Gasteiger partial charge is 0.375 e. The minimum Gasteiger partial charge on any atom is -0.375 e. The molecule has 0 unspecified atom stereocenters. The molecule has 0 radical (unpaired) electrons. The van der Waals surface area contributed by atoms with Crippen molar-refractivity contribution in [3.63, 3.8) is 0 Å². The molecule has 0 bridgehead atoms. The molecule has 2 aromatic carbocycles. The Morgan fingerprint density at radius 1 is 1.00 bits per heavy atom. The molecule has 0 heterocycles. The van der Waals surface area contributed by atoms with Gasteiger partial charge >= 0.3 is 0 Å². The van der Waals surface area contributed by atoms with Crippen molar-refractivity contribution >= 4 is 16.5 Å². The molecule has 0 aliphatic heterocycles. The number of benzene rings is 2. The Balaban J connectivity index is 2.05. The van der Waals surface area contributed by atoms with Crippen molar-refractivity contribution in [2.75, 3.05) is 32.1 Å². The van der Waals surface area contributed by atoms with Gasteiger partial charge in [0, 0.05) is 19.3 Å². The van der Waals surface area contributed by atoms with Crippen molar-refractivity contribution in [2.24, 2.45) is 0 Å². The summed E-state index contributed by atoms with van der Waals surface area (Å²) in [5.74, 6) is 0. The Hall–Kier alpha value is -1.54. The monoisotopic (exact) mass is 256 g/mol. The molecule has 0 saturated carbocycles. The van der Waals surface area contributed by atoms with Gasteiger partial charge in [0.1, 0.15) is 0 Å². The molecule has 102 valence electrons. The van der Waals surface area contributed by atoms with E-state index < -0.39 is 0 Å². The molecule has 0 atom stereocenters. The molecule has 0 fully saturated rings. The van der Waals surface area contributed by atoms with Crippen LogP contribution in [0.5, 0.6) is 0 Å². The third kappa shape index (κ3) is 3.71. The number of fused-ring (bicyclic) bond motifs is 1. The highest BCUT2D eigenvalue weighted by Crippen LogP contribution is 2.22. The van der Waals surface area contributed by atoms with E-state index in [9.17, 15) is 0 Å². The quantitative estimate of drug-likeness (QED) is 0.795. The zero-order valence-electron chi connectivity index (χ0n) is 12.2. The minimum absolute atomic E-state index is 1.10. The summed E-state index contributed by atoms with van der Waals surface area (Å²) in [7, 11) is 4.18. The molecule has 0 amide bonds. The fraction of sp³-hybridized carbons (Fsp3) is 0.412. The summed E-state index contributed by atoms with van der Waals surface area (Å²) in [5, 5.41) is 5.84. The lowest BCUT2D eigenvalue weighted by molar-refractivity contribution is 0.671. The number of aryl methyl sites for hydroxylation is 1. The summed E-state index contributed by atoms with van der Waals surface area (Å²) in [6.07, 6.45) is 2.46. The van der Waals surface area contributed by atoms with Gasteiger partial charge in [-0.15, -0.1) is 0 Å². The van der Waals surface area contributed by atoms with E-state index in [-0.39, 0.29) is 0 Å². The predicted molar refractivity (Wildman–Crippen MR) is 85.1 cm³/mol. The van der Waals surface area contributed by atoms with Crippen molar-refractivity contribution in [3.8, 4) is 0 Å². The van der Waals surface area contributed by atoms with Crippen LogP contribution in [0.3, 0.4) is 0 Å². The van der Waals surface area contributed by atoms with E-state index in [2.05, 4.69) is 60.6 Å². The Bertz CT molecular complexity index is 534. The van der Waals surface area contributed by atoms with Crippen LogP contribution in [0.1, 0.15) is 18.4 Å². The zero-order valence-corrected chi connectivity index (χ0v) is 12.2. The fourth-order valence-corrected chi connectivity index (χ4v) is 2.37. The van der Waals surface area contributed by atoms with Gasteiger partial charge in [-0.05, 0) is 56.3 Å². The SMILES string of the molecule is CNCCCCN(C)c1ccc2cc(C)ccc2c1. The first-order valence-electron chi connectivity index (χ1n) is 7.07. The van der Waals surface area contributed by atoms with Crippen molar-refractivity contribution in [1.82, 2.24) is 5.32 Å². The highest BCUT2D eigenvalue weighted by atomic mass is 15.1. The lowest BCUT2D eigenvalue weighted by Crippen LogP contribution is -2.19. The molecule has 1 N–H and O–H groups in total. The average molecular weight is 256 g/mol. The summed E-state index contributed by atoms with van der Waals surface area (Å²) < 4.78 is 0. The van der Waals surface area contributed by atoms with Gasteiger partial charge < -0.3 is 10.2 Å². The van der Waals surface area contributed by atoms with Gasteiger partial charge in [-0.1, -0.05) is 29.8 Å². The number of rotatable bonds is 6. The summed E-state index contributed by atoms with van der Waals surface area (Å²) >= 11 is 0. The Morgan fingerprint density at radius 3 is 2.53 bits per heavy atom. The number of hydrogen-bond donors (Lipinski definition) is 1. The number of nitrogens with one attached hydrogen (secondary N) is 1. The highest BCUT2D eigenvalue weighted by molar-refractivity contribution is 5.86. The highest BCUT2D eigenvalue weighted by Gasteiger charge is 2.02. The van der Waals surface area contributed by atoms with E-state index in [0.717, 1.165) is 13.1 Å². The van der Waals surface area contributed by atoms with Crippen LogP contribution < -0.4 is 10.2 Å². The minimum atomic E-state index is 1.10. The lowest BCUT2D eigenvalue weighted by atomic mass is 10.1. The van der Waals surface area contributed by atoms with Crippen LogP contribution in [0, 0.1) is 6.92 Å². The number of nitrogens with zero attached hydrogens (tertiary/aromatic N) is 1. The molecule has 0 aliphatic carbocycles. The molecule has 0 saturated heterocycles. The second kappa shape index (κ2) is 6.58. The van der Waals surface area contributed by atoms with Gasteiger partial charge in [0.05, 0.1) is 0 Å². The molecule has 2 aromatic rings. The van der Waals surface area contributed by atoms with Crippen molar-refractivity contribution in [3.05, 3.63) is 42.0 Å². The summed E-state index contributed by atoms with van der Waals surface area (Å²) in [6.45, 7) is 4.35. The van der Waals surface area contributed by atoms with E-state index in [4.69, 9.17) is 0 Å². The fourth-order valence-electron chi connectivity index (χ4n) is 2.37. The van der Waals surface area contributed by atoms with Crippen molar-refractivity contribution < 1.29 is 0 Å². The summed E-state index contributed by atoms with van der Waals surface area (Å²) in [6, 6.07) is 13.4. The Labute approximate surface area is 116 Å². The van der Waals surface area contributed by atoms with Gasteiger partial charge in [-0.3, -0.25) is 0 Å². The smallest absolute Gasteiger partial charge is 0.0370 e. The van der Waals surface area contributed by atoms with Crippen LogP contribution in [-0.2, 0) is 0 Å². The standard InChI is InChI=1S/C17H24N2/c1-14-6-7-16-13-17(9-8-15(16)12-14)19(3)11-5-4-10-18-2/h6-9,12-13,18H,4-5,10-11H2,1-3H3. The first-order chi connectivity index (χ1) is 9.20. The van der Waals surface area contributed by atoms with Gasteiger partial charge in [0.15, 0.2) is 0 Å². The molecular formula is C17H24N2. The Morgan fingerprint density at radius 2 is 1.74 bits per heavy atom. The lowest BCUT2D eigenvalue weighted by Gasteiger charge is -2.19. The molecule has 0 aromatic heterocycles. The first-order valence-corrected chi connectivity index (χ1v) is 7.07. The summed E-state index contributed by atoms with van der Waals surface area (Å²) in [5.41, 5.74) is 2.63. The summed E-state index contributed by atoms with van der Waals surface area (Å²) in [4.78, 5) is 2.34. The molecule has 2 heteroatoms. The molecule has 0 spiro atoms. The van der Waals surface area contributed by atoms with E-state index in [0.29, 0.717) is 0 Å². The van der Waals surface area contributed by atoms with E-state index in [1.54, 1.807) is 0 Å². The van der Waals surface area contributed by atoms with Crippen LogP contribution in [0.4, 0.5) is 5.69 Å². The topological polar surface area (TPSA) is 15.3 Å². The van der Waals surface area contributed by atoms with Crippen molar-refractivity contribution in [1.29, 1.82) is 0 Å². The zero-order chi connectivity index (χ0) is 13.7. The van der Waals surface area contributed by atoms with Crippen LogP contribution in [-0.4, -0.2) is 27.2 Å². The maximum absolute atomic E-state index is 3.19. The van der Waals surface area contributed by atoms with Gasteiger partial charge in [0.25, 0.3) is 0 Å². The van der Waals surface area contributed by atoms with E-state index >= 15 is 0 Å². The number of unbranched alkanes of at least 4 members (excludes halogenated alkanes) is 1. The second-order valence-corrected chi connectivity index (χ2v) is 5.27. The van der Waals surface area contributed by atoms with E-state index in [1.165, 1.54) is 34.9 Å².